The van der Waals surface area contributed by atoms with Gasteiger partial charge < -0.3 is 4.74 Å². The first kappa shape index (κ1) is 16.1. The van der Waals surface area contributed by atoms with Crippen LogP contribution in [0.25, 0.3) is 0 Å². The number of ether oxygens (including phenoxy) is 1. The van der Waals surface area contributed by atoms with Gasteiger partial charge in [-0.2, -0.15) is 13.2 Å². The molecule has 2 rings (SSSR count). The van der Waals surface area contributed by atoms with Gasteiger partial charge >= 0.3 is 6.18 Å². The summed E-state index contributed by atoms with van der Waals surface area (Å²) < 4.78 is 44.9. The predicted molar refractivity (Wildman–Crippen MR) is 74.6 cm³/mol. The lowest BCUT2D eigenvalue weighted by molar-refractivity contribution is -0.199. The van der Waals surface area contributed by atoms with Crippen LogP contribution in [0.4, 0.5) is 13.2 Å². The number of benzene rings is 1. The van der Waals surface area contributed by atoms with Gasteiger partial charge in [-0.1, -0.05) is 25.0 Å². The molecular weight excluding hydrogens is 281 g/mol. The van der Waals surface area contributed by atoms with E-state index in [2.05, 4.69) is 5.43 Å². The van der Waals surface area contributed by atoms with Gasteiger partial charge in [0.1, 0.15) is 5.75 Å². The summed E-state index contributed by atoms with van der Waals surface area (Å²) in [5, 5.41) is 0. The predicted octanol–water partition coefficient (Wildman–Crippen LogP) is 3.57. The Morgan fingerprint density at radius 3 is 2.62 bits per heavy atom. The van der Waals surface area contributed by atoms with Gasteiger partial charge in [0.2, 0.25) is 0 Å². The van der Waals surface area contributed by atoms with E-state index in [1.807, 2.05) is 0 Å². The highest BCUT2D eigenvalue weighted by atomic mass is 19.4. The second-order valence-electron chi connectivity index (χ2n) is 5.52. The Morgan fingerprint density at radius 2 is 2.00 bits per heavy atom. The Kier molecular flexibility index (Phi) is 5.11. The number of hydrogen-bond acceptors (Lipinski definition) is 3. The summed E-state index contributed by atoms with van der Waals surface area (Å²) in [5.74, 6) is 4.34. The van der Waals surface area contributed by atoms with Crippen LogP contribution in [0, 0.1) is 11.8 Å². The highest BCUT2D eigenvalue weighted by Gasteiger charge is 2.48. The van der Waals surface area contributed by atoms with Gasteiger partial charge in [-0.25, -0.2) is 0 Å². The molecule has 21 heavy (non-hydrogen) atoms. The van der Waals surface area contributed by atoms with Gasteiger partial charge in [0.25, 0.3) is 0 Å². The summed E-state index contributed by atoms with van der Waals surface area (Å²) in [6.07, 6.45) is -2.05. The van der Waals surface area contributed by atoms with Crippen LogP contribution < -0.4 is 16.0 Å². The Bertz CT molecular complexity index is 464. The largest absolute Gasteiger partial charge is 0.497 e. The maximum absolute atomic E-state index is 13.3. The number of hydrazine groups is 1. The molecule has 3 atom stereocenters. The molecule has 0 heterocycles. The molecule has 3 N–H and O–H groups in total. The fraction of sp³-hybridized carbons (Fsp3) is 0.600. The molecule has 1 fully saturated rings. The van der Waals surface area contributed by atoms with Crippen molar-refractivity contribution in [3.63, 3.8) is 0 Å². The number of methoxy groups -OCH3 is 1. The first-order valence-corrected chi connectivity index (χ1v) is 7.14. The first-order valence-electron chi connectivity index (χ1n) is 7.14. The molecule has 3 nitrogen and oxygen atoms in total. The monoisotopic (exact) mass is 302 g/mol. The summed E-state index contributed by atoms with van der Waals surface area (Å²) in [7, 11) is 1.53. The Hall–Kier alpha value is -1.27. The lowest BCUT2D eigenvalue weighted by Gasteiger charge is -2.38. The second kappa shape index (κ2) is 6.66. The highest BCUT2D eigenvalue weighted by molar-refractivity contribution is 5.31. The maximum atomic E-state index is 13.3. The van der Waals surface area contributed by atoms with E-state index in [4.69, 9.17) is 10.6 Å². The lowest BCUT2D eigenvalue weighted by atomic mass is 9.73. The van der Waals surface area contributed by atoms with Gasteiger partial charge in [-0.05, 0) is 36.5 Å². The van der Waals surface area contributed by atoms with Gasteiger partial charge in [-0.15, -0.1) is 0 Å². The van der Waals surface area contributed by atoms with E-state index in [1.165, 1.54) is 7.11 Å². The van der Waals surface area contributed by atoms with E-state index in [9.17, 15) is 13.2 Å². The van der Waals surface area contributed by atoms with Crippen LogP contribution >= 0.6 is 0 Å². The van der Waals surface area contributed by atoms with E-state index in [0.717, 1.165) is 12.0 Å². The van der Waals surface area contributed by atoms with E-state index in [0.29, 0.717) is 18.6 Å². The smallest absolute Gasteiger partial charge is 0.392 e. The van der Waals surface area contributed by atoms with E-state index < -0.39 is 24.1 Å². The van der Waals surface area contributed by atoms with Crippen LogP contribution in [0.1, 0.15) is 37.3 Å². The number of rotatable bonds is 4. The molecule has 1 aliphatic rings. The Balaban J connectivity index is 2.29. The molecule has 0 bridgehead atoms. The second-order valence-corrected chi connectivity index (χ2v) is 5.52. The van der Waals surface area contributed by atoms with Crippen LogP contribution in [-0.2, 0) is 0 Å². The third-order valence-electron chi connectivity index (χ3n) is 4.30. The van der Waals surface area contributed by atoms with Crippen LogP contribution in [0.2, 0.25) is 0 Å². The molecule has 3 unspecified atom stereocenters. The summed E-state index contributed by atoms with van der Waals surface area (Å²) in [5.41, 5.74) is 3.32. The molecule has 0 spiro atoms. The van der Waals surface area contributed by atoms with Gasteiger partial charge in [0.15, 0.2) is 0 Å². The molecule has 6 heteroatoms. The van der Waals surface area contributed by atoms with Crippen molar-refractivity contribution in [3.05, 3.63) is 29.8 Å². The van der Waals surface area contributed by atoms with Crippen LogP contribution in [0.3, 0.4) is 0 Å². The summed E-state index contributed by atoms with van der Waals surface area (Å²) in [4.78, 5) is 0. The third-order valence-corrected chi connectivity index (χ3v) is 4.30. The van der Waals surface area contributed by atoms with Crippen molar-refractivity contribution in [2.75, 3.05) is 7.11 Å². The molecular formula is C15H21F3N2O. The van der Waals surface area contributed by atoms with Crippen molar-refractivity contribution in [1.82, 2.24) is 5.43 Å². The fourth-order valence-electron chi connectivity index (χ4n) is 3.27. The van der Waals surface area contributed by atoms with E-state index in [-0.39, 0.29) is 6.42 Å². The standard InChI is InChI=1S/C15H21F3N2O/c1-21-11-6-4-5-10(9-11)14(20-19)12-7-2-3-8-13(12)15(16,17)18/h4-6,9,12-14,20H,2-3,7-8,19H2,1H3. The minimum atomic E-state index is -4.18. The van der Waals surface area contributed by atoms with Crippen molar-refractivity contribution in [3.8, 4) is 5.75 Å². The molecule has 0 radical (unpaired) electrons. The normalized spacial score (nSPS) is 24.6. The lowest BCUT2D eigenvalue weighted by Crippen LogP contribution is -2.42. The average molecular weight is 302 g/mol. The molecule has 0 amide bonds. The van der Waals surface area contributed by atoms with Crippen molar-refractivity contribution in [2.45, 2.75) is 37.9 Å². The molecule has 1 aromatic rings. The molecule has 0 aliphatic heterocycles. The van der Waals surface area contributed by atoms with Crippen LogP contribution in [-0.4, -0.2) is 13.3 Å². The van der Waals surface area contributed by atoms with Gasteiger partial charge in [0, 0.05) is 6.04 Å². The highest BCUT2D eigenvalue weighted by Crippen LogP contribution is 2.46. The summed E-state index contributed by atoms with van der Waals surface area (Å²) in [6, 6.07) is 6.54. The molecule has 1 aliphatic carbocycles. The zero-order valence-corrected chi connectivity index (χ0v) is 12.0. The number of nitrogens with two attached hydrogens (primary N) is 1. The number of hydrogen-bond donors (Lipinski definition) is 2. The number of alkyl halides is 3. The van der Waals surface area contributed by atoms with Crippen molar-refractivity contribution in [2.24, 2.45) is 17.7 Å². The topological polar surface area (TPSA) is 47.3 Å². The minimum Gasteiger partial charge on any atom is -0.497 e. The zero-order valence-electron chi connectivity index (χ0n) is 12.0. The molecule has 118 valence electrons. The average Bonchev–Trinajstić information content (AvgIpc) is 2.48. The van der Waals surface area contributed by atoms with Crippen molar-refractivity contribution >= 4 is 0 Å². The van der Waals surface area contributed by atoms with Gasteiger partial charge in [0.05, 0.1) is 13.0 Å². The molecule has 1 aromatic carbocycles. The maximum Gasteiger partial charge on any atom is 0.392 e. The van der Waals surface area contributed by atoms with Crippen molar-refractivity contribution in [1.29, 1.82) is 0 Å². The molecule has 1 saturated carbocycles. The SMILES string of the molecule is COc1cccc(C(NN)C2CCCCC2C(F)(F)F)c1. The van der Waals surface area contributed by atoms with Crippen LogP contribution in [0.15, 0.2) is 24.3 Å². The summed E-state index contributed by atoms with van der Waals surface area (Å²) in [6.45, 7) is 0. The Labute approximate surface area is 122 Å². The Morgan fingerprint density at radius 1 is 1.29 bits per heavy atom. The molecule has 0 aromatic heterocycles. The van der Waals surface area contributed by atoms with Crippen molar-refractivity contribution < 1.29 is 17.9 Å². The number of halogens is 3. The zero-order chi connectivity index (χ0) is 15.5. The quantitative estimate of drug-likeness (QED) is 0.660. The minimum absolute atomic E-state index is 0.177. The fourth-order valence-corrected chi connectivity index (χ4v) is 3.27. The summed E-state index contributed by atoms with van der Waals surface area (Å²) >= 11 is 0. The number of nitrogens with one attached hydrogen (secondary N) is 1. The van der Waals surface area contributed by atoms with Crippen LogP contribution in [0.5, 0.6) is 5.75 Å². The van der Waals surface area contributed by atoms with E-state index in [1.54, 1.807) is 24.3 Å². The van der Waals surface area contributed by atoms with E-state index >= 15 is 0 Å². The first-order chi connectivity index (χ1) is 9.97. The molecule has 0 saturated heterocycles. The van der Waals surface area contributed by atoms with Gasteiger partial charge in [-0.3, -0.25) is 11.3 Å². The third kappa shape index (κ3) is 3.68.